The van der Waals surface area contributed by atoms with E-state index in [1.54, 1.807) is 12.3 Å². The molecule has 0 radical (unpaired) electrons. The van der Waals surface area contributed by atoms with Crippen LogP contribution in [0.1, 0.15) is 18.4 Å². The number of rotatable bonds is 4. The van der Waals surface area contributed by atoms with E-state index in [2.05, 4.69) is 5.10 Å². The Morgan fingerprint density at radius 1 is 1.37 bits per heavy atom. The first-order chi connectivity index (χ1) is 8.76. The molecule has 0 unspecified atom stereocenters. The molecule has 0 atom stereocenters. The van der Waals surface area contributed by atoms with Crippen molar-refractivity contribution >= 4 is 12.4 Å². The number of hydrogen-bond acceptors (Lipinski definition) is 2. The average Bonchev–Trinajstić information content (AvgIpc) is 3.06. The highest BCUT2D eigenvalue weighted by Crippen LogP contribution is 2.31. The first-order valence-corrected chi connectivity index (χ1v) is 6.27. The summed E-state index contributed by atoms with van der Waals surface area (Å²) in [5.41, 5.74) is 7.72. The van der Waals surface area contributed by atoms with Gasteiger partial charge < -0.3 is 5.73 Å². The summed E-state index contributed by atoms with van der Waals surface area (Å²) in [7, 11) is 0. The number of nitrogens with two attached hydrogens (primary N) is 1. The van der Waals surface area contributed by atoms with E-state index in [1.165, 1.54) is 18.9 Å². The number of benzene rings is 1. The van der Waals surface area contributed by atoms with Crippen molar-refractivity contribution in [3.8, 4) is 11.1 Å². The number of aromatic nitrogens is 2. The second-order valence-corrected chi connectivity index (χ2v) is 4.91. The molecular weight excluding hydrogens is 265 g/mol. The molecule has 1 aliphatic carbocycles. The fourth-order valence-electron chi connectivity index (χ4n) is 2.09. The van der Waals surface area contributed by atoms with Crippen molar-refractivity contribution in [3.05, 3.63) is 42.0 Å². The van der Waals surface area contributed by atoms with Crippen molar-refractivity contribution in [2.45, 2.75) is 25.9 Å². The summed E-state index contributed by atoms with van der Waals surface area (Å²) < 4.78 is 15.8. The number of hydrogen-bond donors (Lipinski definition) is 1. The minimum atomic E-state index is -0.232. The number of halogens is 2. The third kappa shape index (κ3) is 3.14. The van der Waals surface area contributed by atoms with Crippen LogP contribution >= 0.6 is 12.4 Å². The Bertz CT molecular complexity index is 564. The molecule has 2 aromatic rings. The molecule has 0 bridgehead atoms. The largest absolute Gasteiger partial charge is 0.326 e. The minimum Gasteiger partial charge on any atom is -0.326 e. The van der Waals surface area contributed by atoms with Gasteiger partial charge in [-0.1, -0.05) is 12.1 Å². The maximum atomic E-state index is 13.9. The third-order valence-electron chi connectivity index (χ3n) is 3.36. The minimum absolute atomic E-state index is 0. The van der Waals surface area contributed by atoms with Gasteiger partial charge in [-0.25, -0.2) is 4.39 Å². The second-order valence-electron chi connectivity index (χ2n) is 4.91. The Morgan fingerprint density at radius 2 is 2.16 bits per heavy atom. The summed E-state index contributed by atoms with van der Waals surface area (Å²) in [6, 6.07) is 5.13. The fourth-order valence-corrected chi connectivity index (χ4v) is 2.09. The van der Waals surface area contributed by atoms with Crippen LogP contribution in [0, 0.1) is 11.7 Å². The fraction of sp³-hybridized carbons (Fsp3) is 0.357. The van der Waals surface area contributed by atoms with Crippen molar-refractivity contribution < 1.29 is 4.39 Å². The van der Waals surface area contributed by atoms with Gasteiger partial charge in [0.2, 0.25) is 0 Å². The lowest BCUT2D eigenvalue weighted by atomic mass is 10.1. The first kappa shape index (κ1) is 14.0. The van der Waals surface area contributed by atoms with E-state index in [9.17, 15) is 4.39 Å². The summed E-state index contributed by atoms with van der Waals surface area (Å²) in [5.74, 6) is 0.533. The van der Waals surface area contributed by atoms with Crippen molar-refractivity contribution in [2.24, 2.45) is 11.7 Å². The summed E-state index contributed by atoms with van der Waals surface area (Å²) in [5, 5.41) is 4.28. The standard InChI is InChI=1S/C14H16FN3.ClH/c15-14-5-11(6-16)3-4-13(14)12-7-17-18(9-12)8-10-1-2-10;/h3-5,7,9-10H,1-2,6,8,16H2;1H. The lowest BCUT2D eigenvalue weighted by Crippen LogP contribution is -1.99. The molecule has 3 rings (SSSR count). The van der Waals surface area contributed by atoms with Gasteiger partial charge in [-0.3, -0.25) is 4.68 Å². The van der Waals surface area contributed by atoms with Gasteiger partial charge in [-0.15, -0.1) is 12.4 Å². The van der Waals surface area contributed by atoms with Crippen molar-refractivity contribution in [2.75, 3.05) is 0 Å². The van der Waals surface area contributed by atoms with E-state index in [1.807, 2.05) is 16.9 Å². The van der Waals surface area contributed by atoms with Crippen LogP contribution in [0.3, 0.4) is 0 Å². The lowest BCUT2D eigenvalue weighted by Gasteiger charge is -2.02. The molecule has 0 aliphatic heterocycles. The molecule has 1 aromatic heterocycles. The predicted octanol–water partition coefficient (Wildman–Crippen LogP) is 2.98. The Labute approximate surface area is 118 Å². The predicted molar refractivity (Wildman–Crippen MR) is 75.5 cm³/mol. The third-order valence-corrected chi connectivity index (χ3v) is 3.36. The highest BCUT2D eigenvalue weighted by Gasteiger charge is 2.22. The van der Waals surface area contributed by atoms with Crippen LogP contribution in [0.25, 0.3) is 11.1 Å². The molecule has 0 amide bonds. The maximum absolute atomic E-state index is 13.9. The van der Waals surface area contributed by atoms with Crippen molar-refractivity contribution in [3.63, 3.8) is 0 Å². The van der Waals surface area contributed by atoms with Crippen LogP contribution in [0.5, 0.6) is 0 Å². The first-order valence-electron chi connectivity index (χ1n) is 6.27. The summed E-state index contributed by atoms with van der Waals surface area (Å²) in [6.07, 6.45) is 6.21. The van der Waals surface area contributed by atoms with Crippen LogP contribution in [0.2, 0.25) is 0 Å². The topological polar surface area (TPSA) is 43.8 Å². The summed E-state index contributed by atoms with van der Waals surface area (Å²) >= 11 is 0. The summed E-state index contributed by atoms with van der Waals surface area (Å²) in [6.45, 7) is 1.31. The van der Waals surface area contributed by atoms with Crippen LogP contribution < -0.4 is 5.73 Å². The van der Waals surface area contributed by atoms with Gasteiger partial charge in [0.1, 0.15) is 5.82 Å². The smallest absolute Gasteiger partial charge is 0.131 e. The van der Waals surface area contributed by atoms with Gasteiger partial charge in [0, 0.05) is 30.4 Å². The molecule has 1 heterocycles. The lowest BCUT2D eigenvalue weighted by molar-refractivity contribution is 0.563. The van der Waals surface area contributed by atoms with E-state index in [0.717, 1.165) is 23.6 Å². The molecule has 1 saturated carbocycles. The Hall–Kier alpha value is -1.39. The molecule has 102 valence electrons. The van der Waals surface area contributed by atoms with Gasteiger partial charge in [0.15, 0.2) is 0 Å². The molecule has 2 N–H and O–H groups in total. The average molecular weight is 282 g/mol. The zero-order valence-corrected chi connectivity index (χ0v) is 11.4. The normalized spacial score (nSPS) is 14.2. The highest BCUT2D eigenvalue weighted by molar-refractivity contribution is 5.85. The molecule has 1 fully saturated rings. The zero-order chi connectivity index (χ0) is 12.5. The van der Waals surface area contributed by atoms with E-state index in [0.29, 0.717) is 12.1 Å². The van der Waals surface area contributed by atoms with E-state index < -0.39 is 0 Å². The monoisotopic (exact) mass is 281 g/mol. The number of nitrogens with zero attached hydrogens (tertiary/aromatic N) is 2. The molecule has 19 heavy (non-hydrogen) atoms. The maximum Gasteiger partial charge on any atom is 0.131 e. The Balaban J connectivity index is 0.00000133. The van der Waals surface area contributed by atoms with Crippen LogP contribution in [-0.4, -0.2) is 9.78 Å². The van der Waals surface area contributed by atoms with Gasteiger partial charge in [-0.2, -0.15) is 5.10 Å². The molecule has 5 heteroatoms. The highest BCUT2D eigenvalue weighted by atomic mass is 35.5. The van der Waals surface area contributed by atoms with Gasteiger partial charge in [-0.05, 0) is 30.4 Å². The molecular formula is C14H17ClFN3. The van der Waals surface area contributed by atoms with Crippen LogP contribution in [0.15, 0.2) is 30.6 Å². The van der Waals surface area contributed by atoms with E-state index >= 15 is 0 Å². The molecule has 3 nitrogen and oxygen atoms in total. The molecule has 1 aromatic carbocycles. The second kappa shape index (κ2) is 5.72. The van der Waals surface area contributed by atoms with Crippen LogP contribution in [-0.2, 0) is 13.1 Å². The quantitative estimate of drug-likeness (QED) is 0.936. The van der Waals surface area contributed by atoms with E-state index in [4.69, 9.17) is 5.73 Å². The van der Waals surface area contributed by atoms with Crippen molar-refractivity contribution in [1.29, 1.82) is 0 Å². The Kier molecular flexibility index (Phi) is 4.22. The zero-order valence-electron chi connectivity index (χ0n) is 10.6. The molecule has 1 aliphatic rings. The summed E-state index contributed by atoms with van der Waals surface area (Å²) in [4.78, 5) is 0. The van der Waals surface area contributed by atoms with Crippen LogP contribution in [0.4, 0.5) is 4.39 Å². The Morgan fingerprint density at radius 3 is 2.79 bits per heavy atom. The molecule has 0 spiro atoms. The van der Waals surface area contributed by atoms with Gasteiger partial charge in [0.25, 0.3) is 0 Å². The van der Waals surface area contributed by atoms with Gasteiger partial charge >= 0.3 is 0 Å². The SMILES string of the molecule is Cl.NCc1ccc(-c2cnn(CC3CC3)c2)c(F)c1. The molecule has 0 saturated heterocycles. The van der Waals surface area contributed by atoms with E-state index in [-0.39, 0.29) is 18.2 Å². The van der Waals surface area contributed by atoms with Crippen molar-refractivity contribution in [1.82, 2.24) is 9.78 Å². The van der Waals surface area contributed by atoms with Gasteiger partial charge in [0.05, 0.1) is 6.20 Å².